The second kappa shape index (κ2) is 3.31. The van der Waals surface area contributed by atoms with Gasteiger partial charge >= 0.3 is 0 Å². The number of ether oxygens (including phenoxy) is 1. The van der Waals surface area contributed by atoms with E-state index in [1.165, 1.54) is 0 Å². The standard InChI is InChI=1S/C10H17NO2/c11-9-1-4-10(12,5-2-9)8-3-6-13-7-8/h7,9,12H,1-6,11H2. The summed E-state index contributed by atoms with van der Waals surface area (Å²) in [5, 5.41) is 10.3. The Morgan fingerprint density at radius 3 is 2.69 bits per heavy atom. The quantitative estimate of drug-likeness (QED) is 0.635. The summed E-state index contributed by atoms with van der Waals surface area (Å²) < 4.78 is 5.15. The van der Waals surface area contributed by atoms with Crippen LogP contribution in [0, 0.1) is 0 Å². The number of nitrogens with two attached hydrogens (primary N) is 1. The molecule has 1 fully saturated rings. The predicted octanol–water partition coefficient (Wildman–Crippen LogP) is 0.923. The average molecular weight is 183 g/mol. The Kier molecular flexibility index (Phi) is 2.30. The summed E-state index contributed by atoms with van der Waals surface area (Å²) in [7, 11) is 0. The van der Waals surface area contributed by atoms with Crippen LogP contribution in [0.2, 0.25) is 0 Å². The van der Waals surface area contributed by atoms with Crippen molar-refractivity contribution < 1.29 is 9.84 Å². The van der Waals surface area contributed by atoms with Gasteiger partial charge < -0.3 is 15.6 Å². The van der Waals surface area contributed by atoms with Crippen LogP contribution >= 0.6 is 0 Å². The highest BCUT2D eigenvalue weighted by Crippen LogP contribution is 2.36. The van der Waals surface area contributed by atoms with Crippen LogP contribution in [0.1, 0.15) is 32.1 Å². The first-order valence-electron chi connectivity index (χ1n) is 5.00. The van der Waals surface area contributed by atoms with Gasteiger partial charge in [0.2, 0.25) is 0 Å². The van der Waals surface area contributed by atoms with E-state index in [2.05, 4.69) is 0 Å². The van der Waals surface area contributed by atoms with Crippen LogP contribution in [0.4, 0.5) is 0 Å². The normalized spacial score (nSPS) is 39.8. The number of hydrogen-bond donors (Lipinski definition) is 2. The van der Waals surface area contributed by atoms with Crippen LogP contribution < -0.4 is 5.73 Å². The molecule has 1 heterocycles. The third-order valence-electron chi connectivity index (χ3n) is 3.17. The maximum absolute atomic E-state index is 10.3. The summed E-state index contributed by atoms with van der Waals surface area (Å²) in [5.41, 5.74) is 6.26. The van der Waals surface area contributed by atoms with E-state index in [4.69, 9.17) is 10.5 Å². The molecule has 0 bridgehead atoms. The molecule has 3 heteroatoms. The van der Waals surface area contributed by atoms with Crippen molar-refractivity contribution >= 4 is 0 Å². The third kappa shape index (κ3) is 1.71. The van der Waals surface area contributed by atoms with Crippen molar-refractivity contribution in [3.8, 4) is 0 Å². The van der Waals surface area contributed by atoms with E-state index in [1.54, 1.807) is 6.26 Å². The topological polar surface area (TPSA) is 55.5 Å². The van der Waals surface area contributed by atoms with Crippen LogP contribution in [0.25, 0.3) is 0 Å². The molecular formula is C10H17NO2. The minimum absolute atomic E-state index is 0.281. The predicted molar refractivity (Wildman–Crippen MR) is 50.0 cm³/mol. The molecule has 1 aliphatic heterocycles. The zero-order valence-electron chi connectivity index (χ0n) is 7.83. The van der Waals surface area contributed by atoms with Gasteiger partial charge in [0.25, 0.3) is 0 Å². The van der Waals surface area contributed by atoms with Gasteiger partial charge in [0, 0.05) is 12.5 Å². The van der Waals surface area contributed by atoms with E-state index in [-0.39, 0.29) is 6.04 Å². The molecule has 74 valence electrons. The fourth-order valence-electron chi connectivity index (χ4n) is 2.17. The Balaban J connectivity index is 2.03. The average Bonchev–Trinajstić information content (AvgIpc) is 2.63. The first-order valence-corrected chi connectivity index (χ1v) is 5.00. The van der Waals surface area contributed by atoms with Gasteiger partial charge in [-0.3, -0.25) is 0 Å². The highest BCUT2D eigenvalue weighted by atomic mass is 16.5. The lowest BCUT2D eigenvalue weighted by atomic mass is 9.77. The lowest BCUT2D eigenvalue weighted by molar-refractivity contribution is 0.0328. The molecule has 1 saturated carbocycles. The van der Waals surface area contributed by atoms with E-state index >= 15 is 0 Å². The van der Waals surface area contributed by atoms with Crippen molar-refractivity contribution in [1.29, 1.82) is 0 Å². The zero-order valence-corrected chi connectivity index (χ0v) is 7.83. The summed E-state index contributed by atoms with van der Waals surface area (Å²) in [4.78, 5) is 0. The smallest absolute Gasteiger partial charge is 0.0912 e. The highest BCUT2D eigenvalue weighted by molar-refractivity contribution is 5.18. The van der Waals surface area contributed by atoms with E-state index in [0.717, 1.165) is 44.3 Å². The molecular weight excluding hydrogens is 166 g/mol. The molecule has 1 aliphatic carbocycles. The molecule has 0 aromatic carbocycles. The molecule has 0 saturated heterocycles. The Morgan fingerprint density at radius 1 is 1.46 bits per heavy atom. The molecule has 0 spiro atoms. The molecule has 0 amide bonds. The van der Waals surface area contributed by atoms with Crippen LogP contribution in [0.5, 0.6) is 0 Å². The summed E-state index contributed by atoms with van der Waals surface area (Å²) >= 11 is 0. The molecule has 0 aromatic rings. The largest absolute Gasteiger partial charge is 0.501 e. The lowest BCUT2D eigenvalue weighted by Gasteiger charge is -2.35. The van der Waals surface area contributed by atoms with Crippen LogP contribution in [0.15, 0.2) is 11.8 Å². The minimum atomic E-state index is -0.605. The van der Waals surface area contributed by atoms with E-state index < -0.39 is 5.60 Å². The first kappa shape index (κ1) is 9.03. The van der Waals surface area contributed by atoms with Gasteiger partial charge in [0.05, 0.1) is 18.5 Å². The monoisotopic (exact) mass is 183 g/mol. The molecule has 0 atom stereocenters. The second-order valence-corrected chi connectivity index (χ2v) is 4.13. The van der Waals surface area contributed by atoms with Crippen LogP contribution in [-0.2, 0) is 4.74 Å². The Labute approximate surface area is 78.6 Å². The maximum Gasteiger partial charge on any atom is 0.0912 e. The lowest BCUT2D eigenvalue weighted by Crippen LogP contribution is -2.40. The van der Waals surface area contributed by atoms with Crippen molar-refractivity contribution in [1.82, 2.24) is 0 Å². The summed E-state index contributed by atoms with van der Waals surface area (Å²) in [6, 6.07) is 0.281. The Morgan fingerprint density at radius 2 is 2.15 bits per heavy atom. The van der Waals surface area contributed by atoms with Crippen molar-refractivity contribution in [3.63, 3.8) is 0 Å². The van der Waals surface area contributed by atoms with E-state index in [0.29, 0.717) is 0 Å². The summed E-state index contributed by atoms with van der Waals surface area (Å²) in [5.74, 6) is 0. The molecule has 3 nitrogen and oxygen atoms in total. The van der Waals surface area contributed by atoms with Gasteiger partial charge in [-0.1, -0.05) is 0 Å². The Hall–Kier alpha value is -0.540. The van der Waals surface area contributed by atoms with E-state index in [1.807, 2.05) is 0 Å². The van der Waals surface area contributed by atoms with Crippen molar-refractivity contribution in [2.45, 2.75) is 43.7 Å². The van der Waals surface area contributed by atoms with Gasteiger partial charge in [-0.15, -0.1) is 0 Å². The second-order valence-electron chi connectivity index (χ2n) is 4.13. The molecule has 2 rings (SSSR count). The minimum Gasteiger partial charge on any atom is -0.501 e. The maximum atomic E-state index is 10.3. The SMILES string of the molecule is NC1CCC(O)(C2=COCC2)CC1. The van der Waals surface area contributed by atoms with Gasteiger partial charge in [0.1, 0.15) is 0 Å². The molecule has 3 N–H and O–H groups in total. The van der Waals surface area contributed by atoms with Gasteiger partial charge in [-0.25, -0.2) is 0 Å². The van der Waals surface area contributed by atoms with Crippen molar-refractivity contribution in [2.24, 2.45) is 5.73 Å². The Bertz CT molecular complexity index is 217. The number of aliphatic hydroxyl groups is 1. The highest BCUT2D eigenvalue weighted by Gasteiger charge is 2.36. The van der Waals surface area contributed by atoms with Gasteiger partial charge in [-0.05, 0) is 31.3 Å². The van der Waals surface area contributed by atoms with Crippen molar-refractivity contribution in [3.05, 3.63) is 11.8 Å². The third-order valence-corrected chi connectivity index (χ3v) is 3.17. The zero-order chi connectivity index (χ0) is 9.31. The van der Waals surface area contributed by atoms with Crippen molar-refractivity contribution in [2.75, 3.05) is 6.61 Å². The van der Waals surface area contributed by atoms with E-state index in [9.17, 15) is 5.11 Å². The van der Waals surface area contributed by atoms with Gasteiger partial charge in [-0.2, -0.15) is 0 Å². The number of rotatable bonds is 1. The molecule has 0 unspecified atom stereocenters. The van der Waals surface area contributed by atoms with Gasteiger partial charge in [0.15, 0.2) is 0 Å². The molecule has 13 heavy (non-hydrogen) atoms. The number of hydrogen-bond acceptors (Lipinski definition) is 3. The fourth-order valence-corrected chi connectivity index (χ4v) is 2.17. The van der Waals surface area contributed by atoms with Crippen LogP contribution in [0.3, 0.4) is 0 Å². The first-order chi connectivity index (χ1) is 6.21. The summed E-state index contributed by atoms with van der Waals surface area (Å²) in [6.07, 6.45) is 6.05. The summed E-state index contributed by atoms with van der Waals surface area (Å²) in [6.45, 7) is 0.726. The molecule has 0 aromatic heterocycles. The molecule has 0 radical (unpaired) electrons. The molecule has 2 aliphatic rings. The van der Waals surface area contributed by atoms with Crippen LogP contribution in [-0.4, -0.2) is 23.4 Å². The fraction of sp³-hybridized carbons (Fsp3) is 0.800.